The number of aromatic nitrogens is 2. The number of aromatic amines is 1. The molecule has 0 aliphatic heterocycles. The van der Waals surface area contributed by atoms with Crippen molar-refractivity contribution in [3.05, 3.63) is 41.7 Å². The van der Waals surface area contributed by atoms with Gasteiger partial charge in [0.15, 0.2) is 0 Å². The third-order valence-corrected chi connectivity index (χ3v) is 4.25. The maximum Gasteiger partial charge on any atom is 0.265 e. The van der Waals surface area contributed by atoms with Crippen molar-refractivity contribution in [3.8, 4) is 0 Å². The Balaban J connectivity index is 2.33. The van der Waals surface area contributed by atoms with E-state index in [0.29, 0.717) is 22.7 Å². The molecule has 0 saturated heterocycles. The van der Waals surface area contributed by atoms with E-state index in [1.807, 2.05) is 0 Å². The summed E-state index contributed by atoms with van der Waals surface area (Å²) in [6.45, 7) is 3.24. The summed E-state index contributed by atoms with van der Waals surface area (Å²) in [5.41, 5.74) is 1.86. The summed E-state index contributed by atoms with van der Waals surface area (Å²) >= 11 is 0. The average Bonchev–Trinajstić information content (AvgIpc) is 2.85. The fourth-order valence-corrected chi connectivity index (χ4v) is 2.87. The molecule has 2 rings (SSSR count). The van der Waals surface area contributed by atoms with Crippen LogP contribution in [0.3, 0.4) is 0 Å². The molecular formula is C12H14N4O3S. The van der Waals surface area contributed by atoms with E-state index in [9.17, 15) is 8.42 Å². The number of rotatable bonds is 4. The van der Waals surface area contributed by atoms with Crippen LogP contribution in [0.25, 0.3) is 0 Å². The Hall–Kier alpha value is -2.35. The normalized spacial score (nSPS) is 12.4. The number of nitrogens with one attached hydrogen (secondary N) is 2. The van der Waals surface area contributed by atoms with E-state index < -0.39 is 10.0 Å². The van der Waals surface area contributed by atoms with Crippen LogP contribution in [0.2, 0.25) is 0 Å². The van der Waals surface area contributed by atoms with E-state index >= 15 is 0 Å². The van der Waals surface area contributed by atoms with Gasteiger partial charge in [-0.3, -0.25) is 9.82 Å². The van der Waals surface area contributed by atoms with Gasteiger partial charge in [-0.15, -0.1) is 0 Å². The molecule has 0 atom stereocenters. The van der Waals surface area contributed by atoms with E-state index in [2.05, 4.69) is 20.1 Å². The van der Waals surface area contributed by atoms with Crippen LogP contribution >= 0.6 is 0 Å². The monoisotopic (exact) mass is 294 g/mol. The first-order valence-corrected chi connectivity index (χ1v) is 7.24. The van der Waals surface area contributed by atoms with Gasteiger partial charge < -0.3 is 5.21 Å². The third-order valence-electron chi connectivity index (χ3n) is 2.76. The number of sulfonamides is 1. The highest BCUT2D eigenvalue weighted by Crippen LogP contribution is 2.18. The van der Waals surface area contributed by atoms with Crippen LogP contribution in [-0.4, -0.2) is 29.5 Å². The van der Waals surface area contributed by atoms with Crippen molar-refractivity contribution in [2.75, 3.05) is 4.72 Å². The van der Waals surface area contributed by atoms with E-state index in [-0.39, 0.29) is 4.90 Å². The Morgan fingerprint density at radius 2 is 2.20 bits per heavy atom. The molecule has 0 radical (unpaired) electrons. The second kappa shape index (κ2) is 5.33. The number of nitrogens with zero attached hydrogens (tertiary/aromatic N) is 2. The fraction of sp³-hybridized carbons (Fsp3) is 0.167. The molecule has 0 bridgehead atoms. The lowest BCUT2D eigenvalue weighted by molar-refractivity contribution is 0.319. The molecule has 20 heavy (non-hydrogen) atoms. The Bertz CT molecular complexity index is 750. The summed E-state index contributed by atoms with van der Waals surface area (Å²) in [7, 11) is -3.70. The molecule has 1 aromatic heterocycles. The standard InChI is InChI=1S/C12H14N4O3S/c1-8(15-17)10-4-3-5-11(6-10)16-20(18,19)12-7-13-14-9(12)2/h3-7,16-17H,1-2H3,(H,13,14)/b15-8+. The zero-order valence-electron chi connectivity index (χ0n) is 11.0. The van der Waals surface area contributed by atoms with Crippen LogP contribution in [0.1, 0.15) is 18.2 Å². The maximum absolute atomic E-state index is 12.2. The molecule has 1 aromatic carbocycles. The second-order valence-electron chi connectivity index (χ2n) is 4.23. The molecule has 0 fully saturated rings. The van der Waals surface area contributed by atoms with Crippen molar-refractivity contribution in [1.82, 2.24) is 10.2 Å². The highest BCUT2D eigenvalue weighted by atomic mass is 32.2. The number of oxime groups is 1. The lowest BCUT2D eigenvalue weighted by Gasteiger charge is -2.08. The van der Waals surface area contributed by atoms with Gasteiger partial charge in [0.05, 0.1) is 17.6 Å². The lowest BCUT2D eigenvalue weighted by Crippen LogP contribution is -2.13. The third kappa shape index (κ3) is 2.80. The minimum atomic E-state index is -3.70. The largest absolute Gasteiger partial charge is 0.411 e. The smallest absolute Gasteiger partial charge is 0.265 e. The van der Waals surface area contributed by atoms with Crippen molar-refractivity contribution in [3.63, 3.8) is 0 Å². The number of benzene rings is 1. The van der Waals surface area contributed by atoms with Gasteiger partial charge in [-0.25, -0.2) is 8.42 Å². The second-order valence-corrected chi connectivity index (χ2v) is 5.88. The first-order valence-electron chi connectivity index (χ1n) is 5.76. The molecule has 1 heterocycles. The average molecular weight is 294 g/mol. The first-order chi connectivity index (χ1) is 9.44. The summed E-state index contributed by atoms with van der Waals surface area (Å²) in [5, 5.41) is 18.1. The summed E-state index contributed by atoms with van der Waals surface area (Å²) in [6, 6.07) is 6.59. The van der Waals surface area contributed by atoms with Gasteiger partial charge in [0.2, 0.25) is 0 Å². The maximum atomic E-state index is 12.2. The summed E-state index contributed by atoms with van der Waals surface area (Å²) < 4.78 is 26.8. The topological polar surface area (TPSA) is 107 Å². The first kappa shape index (κ1) is 14.1. The highest BCUT2D eigenvalue weighted by molar-refractivity contribution is 7.92. The number of aryl methyl sites for hydroxylation is 1. The van der Waals surface area contributed by atoms with E-state index in [1.54, 1.807) is 38.1 Å². The zero-order valence-corrected chi connectivity index (χ0v) is 11.8. The van der Waals surface area contributed by atoms with Gasteiger partial charge >= 0.3 is 0 Å². The molecule has 8 heteroatoms. The molecule has 0 aliphatic rings. The van der Waals surface area contributed by atoms with Crippen LogP contribution in [0.4, 0.5) is 5.69 Å². The number of hydrogen-bond donors (Lipinski definition) is 3. The lowest BCUT2D eigenvalue weighted by atomic mass is 10.1. The molecule has 0 aliphatic carbocycles. The molecule has 2 aromatic rings. The van der Waals surface area contributed by atoms with Crippen LogP contribution in [0.15, 0.2) is 40.5 Å². The van der Waals surface area contributed by atoms with Crippen molar-refractivity contribution in [1.29, 1.82) is 0 Å². The molecule has 7 nitrogen and oxygen atoms in total. The number of anilines is 1. The number of H-pyrrole nitrogens is 1. The molecule has 0 unspecified atom stereocenters. The van der Waals surface area contributed by atoms with Gasteiger partial charge in [-0.05, 0) is 26.0 Å². The summed E-state index contributed by atoms with van der Waals surface area (Å²) in [5.74, 6) is 0. The molecule has 0 spiro atoms. The fourth-order valence-electron chi connectivity index (χ4n) is 1.69. The molecule has 3 N–H and O–H groups in total. The van der Waals surface area contributed by atoms with E-state index in [1.165, 1.54) is 6.20 Å². The molecule has 0 amide bonds. The SMILES string of the molecule is C/C(=N\O)c1cccc(NS(=O)(=O)c2cn[nH]c2C)c1. The van der Waals surface area contributed by atoms with Crippen molar-refractivity contribution < 1.29 is 13.6 Å². The molecule has 106 valence electrons. The highest BCUT2D eigenvalue weighted by Gasteiger charge is 2.18. The Morgan fingerprint density at radius 1 is 1.45 bits per heavy atom. The molecule has 0 saturated carbocycles. The van der Waals surface area contributed by atoms with Crippen LogP contribution in [0, 0.1) is 6.92 Å². The van der Waals surface area contributed by atoms with Gasteiger partial charge in [-0.2, -0.15) is 5.10 Å². The van der Waals surface area contributed by atoms with Crippen LogP contribution in [-0.2, 0) is 10.0 Å². The van der Waals surface area contributed by atoms with Gasteiger partial charge in [0, 0.05) is 11.3 Å². The Morgan fingerprint density at radius 3 is 2.80 bits per heavy atom. The minimum Gasteiger partial charge on any atom is -0.411 e. The Labute approximate surface area is 116 Å². The van der Waals surface area contributed by atoms with Gasteiger partial charge in [-0.1, -0.05) is 17.3 Å². The predicted octanol–water partition coefficient (Wildman–Crippen LogP) is 1.72. The van der Waals surface area contributed by atoms with Crippen molar-refractivity contribution in [2.24, 2.45) is 5.16 Å². The van der Waals surface area contributed by atoms with Crippen LogP contribution in [0.5, 0.6) is 0 Å². The molecular weight excluding hydrogens is 280 g/mol. The van der Waals surface area contributed by atoms with Gasteiger partial charge in [0.1, 0.15) is 4.90 Å². The quantitative estimate of drug-likeness (QED) is 0.453. The summed E-state index contributed by atoms with van der Waals surface area (Å²) in [4.78, 5) is 0.0930. The van der Waals surface area contributed by atoms with Crippen molar-refractivity contribution >= 4 is 21.4 Å². The summed E-state index contributed by atoms with van der Waals surface area (Å²) in [6.07, 6.45) is 1.25. The minimum absolute atomic E-state index is 0.0930. The zero-order chi connectivity index (χ0) is 14.8. The van der Waals surface area contributed by atoms with Gasteiger partial charge in [0.25, 0.3) is 10.0 Å². The van der Waals surface area contributed by atoms with E-state index in [0.717, 1.165) is 0 Å². The number of hydrogen-bond acceptors (Lipinski definition) is 5. The van der Waals surface area contributed by atoms with Crippen molar-refractivity contribution in [2.45, 2.75) is 18.7 Å². The Kier molecular flexibility index (Phi) is 3.75. The van der Waals surface area contributed by atoms with E-state index in [4.69, 9.17) is 5.21 Å². The predicted molar refractivity (Wildman–Crippen MR) is 74.6 cm³/mol. The van der Waals surface area contributed by atoms with Crippen LogP contribution < -0.4 is 4.72 Å².